The summed E-state index contributed by atoms with van der Waals surface area (Å²) in [5, 5.41) is 2.87. The fraction of sp³-hybridized carbons (Fsp3) is 0.500. The van der Waals surface area contributed by atoms with Gasteiger partial charge in [-0.2, -0.15) is 0 Å². The molecule has 7 heteroatoms. The molecule has 1 saturated carbocycles. The van der Waals surface area contributed by atoms with Crippen molar-refractivity contribution in [1.29, 1.82) is 0 Å². The van der Waals surface area contributed by atoms with E-state index in [1.807, 2.05) is 36.1 Å². The molecule has 1 saturated heterocycles. The second kappa shape index (κ2) is 9.54. The maximum atomic E-state index is 14.7. The molecule has 2 fully saturated rings. The summed E-state index contributed by atoms with van der Waals surface area (Å²) >= 11 is 0. The Hall–Kier alpha value is -2.83. The zero-order valence-electron chi connectivity index (χ0n) is 18.1. The van der Waals surface area contributed by atoms with E-state index in [2.05, 4.69) is 10.3 Å². The van der Waals surface area contributed by atoms with Gasteiger partial charge in [0.1, 0.15) is 17.6 Å². The average molecular weight is 428 g/mol. The van der Waals surface area contributed by atoms with Crippen molar-refractivity contribution in [2.24, 2.45) is 0 Å². The molecule has 1 aliphatic heterocycles. The third kappa shape index (κ3) is 5.46. The molecule has 1 unspecified atom stereocenters. The van der Waals surface area contributed by atoms with Crippen LogP contribution in [0.4, 0.5) is 10.2 Å². The molecule has 0 bridgehead atoms. The third-order valence-electron chi connectivity index (χ3n) is 5.95. The molecule has 1 aromatic heterocycles. The van der Waals surface area contributed by atoms with Crippen LogP contribution in [-0.2, 0) is 4.79 Å². The van der Waals surface area contributed by atoms with E-state index in [4.69, 9.17) is 9.47 Å². The van der Waals surface area contributed by atoms with Gasteiger partial charge in [-0.25, -0.2) is 9.37 Å². The number of halogens is 1. The number of rotatable bonds is 7. The lowest BCUT2D eigenvalue weighted by Crippen LogP contribution is -2.26. The summed E-state index contributed by atoms with van der Waals surface area (Å²) < 4.78 is 26.6. The second-order valence-electron chi connectivity index (χ2n) is 8.47. The molecule has 2 atom stereocenters. The van der Waals surface area contributed by atoms with Crippen LogP contribution >= 0.6 is 0 Å². The van der Waals surface area contributed by atoms with Crippen molar-refractivity contribution in [2.75, 3.05) is 18.0 Å². The minimum absolute atomic E-state index is 0.0331. The smallest absolute Gasteiger partial charge is 0.217 e. The number of benzene rings is 1. The van der Waals surface area contributed by atoms with Gasteiger partial charge in [0.15, 0.2) is 11.6 Å². The molecule has 0 spiro atoms. The summed E-state index contributed by atoms with van der Waals surface area (Å²) in [7, 11) is 0. The van der Waals surface area contributed by atoms with Gasteiger partial charge < -0.3 is 19.7 Å². The number of hydrogen-bond acceptors (Lipinski definition) is 5. The lowest BCUT2D eigenvalue weighted by molar-refractivity contribution is -0.119. The van der Waals surface area contributed by atoms with Crippen molar-refractivity contribution in [3.8, 4) is 11.5 Å². The van der Waals surface area contributed by atoms with E-state index in [-0.39, 0.29) is 30.0 Å². The van der Waals surface area contributed by atoms with Gasteiger partial charge in [-0.05, 0) is 50.3 Å². The van der Waals surface area contributed by atoms with Crippen LogP contribution in [0.1, 0.15) is 57.6 Å². The number of anilines is 1. The Bertz CT molecular complexity index is 899. The molecule has 1 aliphatic carbocycles. The normalized spacial score (nSPS) is 20.0. The summed E-state index contributed by atoms with van der Waals surface area (Å²) in [5.41, 5.74) is 1.02. The SMILES string of the molecule is CC(=O)N[C@@H](C)c1ccc(OC2CCN(c3ncc(OC4CCCC4)cc3F)C2)cc1. The molecule has 1 amide bonds. The maximum absolute atomic E-state index is 14.7. The zero-order chi connectivity index (χ0) is 21.8. The van der Waals surface area contributed by atoms with Crippen molar-refractivity contribution in [2.45, 2.75) is 64.2 Å². The van der Waals surface area contributed by atoms with E-state index < -0.39 is 0 Å². The molecule has 31 heavy (non-hydrogen) atoms. The number of pyridine rings is 1. The first-order valence-electron chi connectivity index (χ1n) is 11.1. The standard InChI is InChI=1S/C24H30FN3O3/c1-16(27-17(2)29)18-7-9-20(10-8-18)30-21-11-12-28(15-21)24-23(25)13-22(14-26-24)31-19-5-3-4-6-19/h7-10,13-14,16,19,21H,3-6,11-12,15H2,1-2H3,(H,27,29)/t16-,21?/m0/s1. The highest BCUT2D eigenvalue weighted by molar-refractivity contribution is 5.73. The van der Waals surface area contributed by atoms with Crippen molar-refractivity contribution < 1.29 is 18.7 Å². The first kappa shape index (κ1) is 21.4. The summed E-state index contributed by atoms with van der Waals surface area (Å²) in [6, 6.07) is 9.11. The molecule has 4 rings (SSSR count). The Morgan fingerprint density at radius 1 is 1.13 bits per heavy atom. The number of aromatic nitrogens is 1. The van der Waals surface area contributed by atoms with Gasteiger partial charge in [0.2, 0.25) is 5.91 Å². The van der Waals surface area contributed by atoms with Crippen LogP contribution in [0.5, 0.6) is 11.5 Å². The first-order chi connectivity index (χ1) is 15.0. The number of hydrogen-bond donors (Lipinski definition) is 1. The van der Waals surface area contributed by atoms with E-state index >= 15 is 0 Å². The number of nitrogens with zero attached hydrogens (tertiary/aromatic N) is 2. The summed E-state index contributed by atoms with van der Waals surface area (Å²) in [6.45, 7) is 4.72. The monoisotopic (exact) mass is 427 g/mol. The first-order valence-corrected chi connectivity index (χ1v) is 11.1. The molecule has 1 N–H and O–H groups in total. The van der Waals surface area contributed by atoms with Gasteiger partial charge in [-0.1, -0.05) is 12.1 Å². The Morgan fingerprint density at radius 3 is 2.52 bits per heavy atom. The zero-order valence-corrected chi connectivity index (χ0v) is 18.1. The predicted octanol–water partition coefficient (Wildman–Crippen LogP) is 4.40. The topological polar surface area (TPSA) is 63.7 Å². The second-order valence-corrected chi connectivity index (χ2v) is 8.47. The van der Waals surface area contributed by atoms with Crippen molar-refractivity contribution >= 4 is 11.7 Å². The number of carbonyl (C=O) groups excluding carboxylic acids is 1. The molecule has 2 aromatic rings. The maximum Gasteiger partial charge on any atom is 0.217 e. The van der Waals surface area contributed by atoms with Gasteiger partial charge >= 0.3 is 0 Å². The number of nitrogens with one attached hydrogen (secondary N) is 1. The predicted molar refractivity (Wildman–Crippen MR) is 117 cm³/mol. The van der Waals surface area contributed by atoms with Crippen LogP contribution < -0.4 is 19.7 Å². The van der Waals surface area contributed by atoms with Crippen LogP contribution in [0, 0.1) is 5.82 Å². The van der Waals surface area contributed by atoms with E-state index in [0.717, 1.165) is 30.6 Å². The number of carbonyl (C=O) groups is 1. The van der Waals surface area contributed by atoms with Crippen LogP contribution in [0.25, 0.3) is 0 Å². The molecular formula is C24H30FN3O3. The molecule has 1 aromatic carbocycles. The Balaban J connectivity index is 1.32. The van der Waals surface area contributed by atoms with E-state index in [1.54, 1.807) is 6.20 Å². The van der Waals surface area contributed by atoms with Crippen LogP contribution in [0.15, 0.2) is 36.5 Å². The van der Waals surface area contributed by atoms with E-state index in [1.165, 1.54) is 25.8 Å². The average Bonchev–Trinajstić information content (AvgIpc) is 3.40. The lowest BCUT2D eigenvalue weighted by Gasteiger charge is -2.20. The molecule has 2 heterocycles. The van der Waals surface area contributed by atoms with Gasteiger partial charge in [0, 0.05) is 26.0 Å². The van der Waals surface area contributed by atoms with Crippen molar-refractivity contribution in [3.63, 3.8) is 0 Å². The van der Waals surface area contributed by atoms with E-state index in [0.29, 0.717) is 24.7 Å². The largest absolute Gasteiger partial charge is 0.489 e. The molecule has 166 valence electrons. The Labute approximate surface area is 182 Å². The minimum Gasteiger partial charge on any atom is -0.489 e. The highest BCUT2D eigenvalue weighted by Crippen LogP contribution is 2.29. The summed E-state index contributed by atoms with van der Waals surface area (Å²) in [5.74, 6) is 1.21. The van der Waals surface area contributed by atoms with E-state index in [9.17, 15) is 9.18 Å². The van der Waals surface area contributed by atoms with Crippen LogP contribution in [0.2, 0.25) is 0 Å². The van der Waals surface area contributed by atoms with Gasteiger partial charge in [0.05, 0.1) is 24.9 Å². The quantitative estimate of drug-likeness (QED) is 0.710. The van der Waals surface area contributed by atoms with Gasteiger partial charge in [-0.3, -0.25) is 4.79 Å². The van der Waals surface area contributed by atoms with Gasteiger partial charge in [0.25, 0.3) is 0 Å². The summed E-state index contributed by atoms with van der Waals surface area (Å²) in [4.78, 5) is 17.5. The summed E-state index contributed by atoms with van der Waals surface area (Å²) in [6.07, 6.45) is 6.98. The molecule has 2 aliphatic rings. The Morgan fingerprint density at radius 2 is 1.84 bits per heavy atom. The highest BCUT2D eigenvalue weighted by Gasteiger charge is 2.27. The van der Waals surface area contributed by atoms with Crippen molar-refractivity contribution in [1.82, 2.24) is 10.3 Å². The molecular weight excluding hydrogens is 397 g/mol. The lowest BCUT2D eigenvalue weighted by atomic mass is 10.1. The fourth-order valence-electron chi connectivity index (χ4n) is 4.34. The number of ether oxygens (including phenoxy) is 2. The fourth-order valence-corrected chi connectivity index (χ4v) is 4.34. The Kier molecular flexibility index (Phi) is 6.59. The van der Waals surface area contributed by atoms with Crippen molar-refractivity contribution in [3.05, 3.63) is 47.9 Å². The van der Waals surface area contributed by atoms with Crippen LogP contribution in [0.3, 0.4) is 0 Å². The molecule has 6 nitrogen and oxygen atoms in total. The highest BCUT2D eigenvalue weighted by atomic mass is 19.1. The minimum atomic E-state index is -0.354. The van der Waals surface area contributed by atoms with Crippen LogP contribution in [-0.4, -0.2) is 36.2 Å². The van der Waals surface area contributed by atoms with Gasteiger partial charge in [-0.15, -0.1) is 0 Å². The third-order valence-corrected chi connectivity index (χ3v) is 5.95. The molecule has 0 radical (unpaired) electrons. The number of amides is 1.